The smallest absolute Gasteiger partial charge is 0.407 e. The Morgan fingerprint density at radius 1 is 1.21 bits per heavy atom. The molecule has 1 aromatic rings. The second-order valence-corrected chi connectivity index (χ2v) is 4.41. The molecule has 2 amide bonds. The molecule has 1 rings (SSSR count). The number of anilines is 1. The van der Waals surface area contributed by atoms with E-state index in [1.54, 1.807) is 6.92 Å². The lowest BCUT2D eigenvalue weighted by molar-refractivity contribution is -0.118. The van der Waals surface area contributed by atoms with E-state index >= 15 is 0 Å². The van der Waals surface area contributed by atoms with Crippen LogP contribution in [0.1, 0.15) is 26.3 Å². The number of benzene rings is 1. The molecule has 0 radical (unpaired) electrons. The summed E-state index contributed by atoms with van der Waals surface area (Å²) in [6.45, 7) is 6.19. The van der Waals surface area contributed by atoms with Crippen molar-refractivity contribution in [1.29, 1.82) is 0 Å². The summed E-state index contributed by atoms with van der Waals surface area (Å²) in [6, 6.07) is 7.31. The highest BCUT2D eigenvalue weighted by molar-refractivity contribution is 5.92. The fourth-order valence-electron chi connectivity index (χ4n) is 1.35. The summed E-state index contributed by atoms with van der Waals surface area (Å²) < 4.78 is 4.76. The highest BCUT2D eigenvalue weighted by atomic mass is 16.5. The number of rotatable bonds is 5. The molecule has 0 fully saturated rings. The van der Waals surface area contributed by atoms with Gasteiger partial charge in [-0.05, 0) is 24.6 Å². The van der Waals surface area contributed by atoms with Crippen molar-refractivity contribution in [2.45, 2.75) is 27.3 Å². The van der Waals surface area contributed by atoms with E-state index in [9.17, 15) is 9.59 Å². The van der Waals surface area contributed by atoms with Gasteiger partial charge in [-0.1, -0.05) is 26.0 Å². The Morgan fingerprint density at radius 2 is 1.84 bits per heavy atom. The molecule has 0 unspecified atom stereocenters. The molecular weight excluding hydrogens is 244 g/mol. The summed E-state index contributed by atoms with van der Waals surface area (Å²) in [6.07, 6.45) is -0.431. The van der Waals surface area contributed by atoms with Crippen LogP contribution in [-0.4, -0.2) is 18.6 Å². The molecule has 1 aromatic carbocycles. The van der Waals surface area contributed by atoms with Gasteiger partial charge in [-0.2, -0.15) is 0 Å². The maximum absolute atomic E-state index is 11.5. The van der Waals surface area contributed by atoms with Gasteiger partial charge in [0.2, 0.25) is 5.91 Å². The molecule has 0 atom stereocenters. The zero-order valence-electron chi connectivity index (χ0n) is 11.5. The summed E-state index contributed by atoms with van der Waals surface area (Å²) >= 11 is 0. The predicted octanol–water partition coefficient (Wildman–Crippen LogP) is 2.53. The minimum absolute atomic E-state index is 0.0163. The summed E-state index contributed by atoms with van der Waals surface area (Å²) in [5, 5.41) is 5.43. The average molecular weight is 264 g/mol. The molecule has 19 heavy (non-hydrogen) atoms. The Morgan fingerprint density at radius 3 is 2.37 bits per heavy atom. The van der Waals surface area contributed by atoms with Crippen molar-refractivity contribution >= 4 is 17.7 Å². The first-order valence-electron chi connectivity index (χ1n) is 6.33. The van der Waals surface area contributed by atoms with Gasteiger partial charge in [0.15, 0.2) is 0 Å². The van der Waals surface area contributed by atoms with Gasteiger partial charge < -0.3 is 15.4 Å². The molecule has 0 aliphatic heterocycles. The fraction of sp³-hybridized carbons (Fsp3) is 0.429. The second kappa shape index (κ2) is 7.41. The van der Waals surface area contributed by atoms with Gasteiger partial charge in [-0.3, -0.25) is 4.79 Å². The standard InChI is InChI=1S/C14H20N2O3/c1-4-19-14(18)15-9-11-5-7-12(8-6-11)16-13(17)10(2)3/h5-8,10H,4,9H2,1-3H3,(H,15,18)(H,16,17). The Hall–Kier alpha value is -2.04. The van der Waals surface area contributed by atoms with E-state index in [2.05, 4.69) is 10.6 Å². The van der Waals surface area contributed by atoms with Gasteiger partial charge in [0, 0.05) is 18.2 Å². The van der Waals surface area contributed by atoms with E-state index in [0.29, 0.717) is 13.2 Å². The highest BCUT2D eigenvalue weighted by Crippen LogP contribution is 2.10. The molecule has 0 bridgehead atoms. The van der Waals surface area contributed by atoms with Crippen LogP contribution in [0.4, 0.5) is 10.5 Å². The first-order chi connectivity index (χ1) is 9.02. The Labute approximate surface area is 113 Å². The largest absolute Gasteiger partial charge is 0.450 e. The second-order valence-electron chi connectivity index (χ2n) is 4.41. The van der Waals surface area contributed by atoms with Crippen LogP contribution in [0.15, 0.2) is 24.3 Å². The number of carbonyl (C=O) groups is 2. The van der Waals surface area contributed by atoms with Crippen LogP contribution in [-0.2, 0) is 16.1 Å². The molecule has 5 heteroatoms. The van der Waals surface area contributed by atoms with Crippen LogP contribution < -0.4 is 10.6 Å². The Kier molecular flexibility index (Phi) is 5.85. The molecule has 0 spiro atoms. The molecule has 104 valence electrons. The molecule has 0 saturated heterocycles. The first kappa shape index (κ1) is 15.0. The number of alkyl carbamates (subject to hydrolysis) is 1. The van der Waals surface area contributed by atoms with Gasteiger partial charge in [0.25, 0.3) is 0 Å². The summed E-state index contributed by atoms with van der Waals surface area (Å²) in [4.78, 5) is 22.6. The van der Waals surface area contributed by atoms with Crippen LogP contribution >= 0.6 is 0 Å². The SMILES string of the molecule is CCOC(=O)NCc1ccc(NC(=O)C(C)C)cc1. The molecule has 5 nitrogen and oxygen atoms in total. The lowest BCUT2D eigenvalue weighted by atomic mass is 10.1. The van der Waals surface area contributed by atoms with E-state index in [4.69, 9.17) is 4.74 Å². The van der Waals surface area contributed by atoms with E-state index in [1.807, 2.05) is 38.1 Å². The molecule has 0 aromatic heterocycles. The molecule has 2 N–H and O–H groups in total. The molecular formula is C14H20N2O3. The molecule has 0 aliphatic rings. The molecule has 0 heterocycles. The monoisotopic (exact) mass is 264 g/mol. The summed E-state index contributed by atoms with van der Waals surface area (Å²) in [5.74, 6) is -0.0671. The fourth-order valence-corrected chi connectivity index (χ4v) is 1.35. The number of hydrogen-bond acceptors (Lipinski definition) is 3. The highest BCUT2D eigenvalue weighted by Gasteiger charge is 2.06. The topological polar surface area (TPSA) is 67.4 Å². The quantitative estimate of drug-likeness (QED) is 0.858. The van der Waals surface area contributed by atoms with Crippen LogP contribution in [0.25, 0.3) is 0 Å². The van der Waals surface area contributed by atoms with Gasteiger partial charge in [0.1, 0.15) is 0 Å². The Bertz CT molecular complexity index is 427. The van der Waals surface area contributed by atoms with Gasteiger partial charge in [0.05, 0.1) is 6.61 Å². The number of hydrogen-bond donors (Lipinski definition) is 2. The summed E-state index contributed by atoms with van der Waals surface area (Å²) in [5.41, 5.74) is 1.69. The van der Waals surface area contributed by atoms with E-state index in [-0.39, 0.29) is 11.8 Å². The summed E-state index contributed by atoms with van der Waals surface area (Å²) in [7, 11) is 0. The van der Waals surface area contributed by atoms with Crippen molar-refractivity contribution in [1.82, 2.24) is 5.32 Å². The van der Waals surface area contributed by atoms with E-state index < -0.39 is 6.09 Å². The van der Waals surface area contributed by atoms with Crippen molar-refractivity contribution < 1.29 is 14.3 Å². The minimum Gasteiger partial charge on any atom is -0.450 e. The van der Waals surface area contributed by atoms with Gasteiger partial charge in [-0.15, -0.1) is 0 Å². The van der Waals surface area contributed by atoms with Gasteiger partial charge >= 0.3 is 6.09 Å². The van der Waals surface area contributed by atoms with Crippen molar-refractivity contribution in [3.05, 3.63) is 29.8 Å². The first-order valence-corrected chi connectivity index (χ1v) is 6.33. The zero-order chi connectivity index (χ0) is 14.3. The van der Waals surface area contributed by atoms with Gasteiger partial charge in [-0.25, -0.2) is 4.79 Å². The third kappa shape index (κ3) is 5.42. The third-order valence-electron chi connectivity index (χ3n) is 2.46. The number of carbonyl (C=O) groups excluding carboxylic acids is 2. The third-order valence-corrected chi connectivity index (χ3v) is 2.46. The number of ether oxygens (including phenoxy) is 1. The zero-order valence-corrected chi connectivity index (χ0v) is 11.5. The Balaban J connectivity index is 2.47. The van der Waals surface area contributed by atoms with Crippen LogP contribution in [0, 0.1) is 5.92 Å². The normalized spacial score (nSPS) is 10.1. The van der Waals surface area contributed by atoms with E-state index in [1.165, 1.54) is 0 Å². The van der Waals surface area contributed by atoms with Crippen molar-refractivity contribution in [3.8, 4) is 0 Å². The van der Waals surface area contributed by atoms with Crippen molar-refractivity contribution in [2.24, 2.45) is 5.92 Å². The molecule has 0 saturated carbocycles. The predicted molar refractivity (Wildman–Crippen MR) is 73.8 cm³/mol. The average Bonchev–Trinajstić information content (AvgIpc) is 2.38. The molecule has 0 aliphatic carbocycles. The number of amides is 2. The van der Waals surface area contributed by atoms with Crippen molar-refractivity contribution in [2.75, 3.05) is 11.9 Å². The van der Waals surface area contributed by atoms with Crippen LogP contribution in [0.3, 0.4) is 0 Å². The lowest BCUT2D eigenvalue weighted by Gasteiger charge is -2.09. The van der Waals surface area contributed by atoms with Crippen molar-refractivity contribution in [3.63, 3.8) is 0 Å². The van der Waals surface area contributed by atoms with Crippen LogP contribution in [0.2, 0.25) is 0 Å². The van der Waals surface area contributed by atoms with Crippen LogP contribution in [0.5, 0.6) is 0 Å². The van der Waals surface area contributed by atoms with E-state index in [0.717, 1.165) is 11.3 Å². The number of nitrogens with one attached hydrogen (secondary N) is 2. The minimum atomic E-state index is -0.431. The lowest BCUT2D eigenvalue weighted by Crippen LogP contribution is -2.23. The maximum Gasteiger partial charge on any atom is 0.407 e. The maximum atomic E-state index is 11.5.